The van der Waals surface area contributed by atoms with E-state index in [1.54, 1.807) is 0 Å². The van der Waals surface area contributed by atoms with E-state index in [9.17, 15) is 4.21 Å². The van der Waals surface area contributed by atoms with Gasteiger partial charge in [0, 0.05) is 6.04 Å². The second-order valence-electron chi connectivity index (χ2n) is 5.36. The van der Waals surface area contributed by atoms with Crippen LogP contribution < -0.4 is 5.73 Å². The number of ether oxygens (including phenoxy) is 1. The van der Waals surface area contributed by atoms with E-state index in [4.69, 9.17) is 15.0 Å². The molecule has 17 heavy (non-hydrogen) atoms. The van der Waals surface area contributed by atoms with Gasteiger partial charge in [0.05, 0.1) is 17.5 Å². The lowest BCUT2D eigenvalue weighted by molar-refractivity contribution is -0.0474. The summed E-state index contributed by atoms with van der Waals surface area (Å²) < 4.78 is 26.1. The van der Waals surface area contributed by atoms with Gasteiger partial charge in [-0.3, -0.25) is 0 Å². The molecule has 0 aromatic heterocycles. The van der Waals surface area contributed by atoms with Gasteiger partial charge in [-0.05, 0) is 51.4 Å². The largest absolute Gasteiger partial charge is 0.375 e. The fraction of sp³-hybridized carbons (Fsp3) is 1.00. The summed E-state index contributed by atoms with van der Waals surface area (Å²) in [5, 5.41) is -0.0385. The lowest BCUT2D eigenvalue weighted by Gasteiger charge is -2.33. The van der Waals surface area contributed by atoms with Crippen LogP contribution in [0.25, 0.3) is 0 Å². The van der Waals surface area contributed by atoms with Crippen LogP contribution in [0.5, 0.6) is 0 Å². The van der Waals surface area contributed by atoms with Gasteiger partial charge in [0.1, 0.15) is 0 Å². The lowest BCUT2D eigenvalue weighted by atomic mass is 9.92. The van der Waals surface area contributed by atoms with Crippen LogP contribution in [-0.4, -0.2) is 32.3 Å². The van der Waals surface area contributed by atoms with Gasteiger partial charge in [0.15, 0.2) is 11.1 Å². The zero-order valence-corrected chi connectivity index (χ0v) is 11.0. The van der Waals surface area contributed by atoms with Gasteiger partial charge < -0.3 is 15.0 Å². The predicted molar refractivity (Wildman–Crippen MR) is 68.1 cm³/mol. The number of rotatable bonds is 3. The van der Waals surface area contributed by atoms with E-state index >= 15 is 0 Å². The Morgan fingerprint density at radius 1 is 1.06 bits per heavy atom. The minimum absolute atomic E-state index is 0.0385. The molecule has 0 saturated heterocycles. The smallest absolute Gasteiger partial charge is 0.155 e. The molecule has 2 rings (SSSR count). The molecular weight excluding hydrogens is 238 g/mol. The van der Waals surface area contributed by atoms with E-state index in [1.165, 1.54) is 6.42 Å². The highest BCUT2D eigenvalue weighted by Gasteiger charge is 2.28. The maximum atomic E-state index is 10.9. The van der Waals surface area contributed by atoms with Crippen molar-refractivity contribution in [3.05, 3.63) is 0 Å². The molecule has 2 saturated carbocycles. The molecule has 0 aliphatic heterocycles. The Kier molecular flexibility index (Phi) is 4.97. The van der Waals surface area contributed by atoms with E-state index in [0.717, 1.165) is 44.9 Å². The third kappa shape index (κ3) is 4.02. The first-order valence-electron chi connectivity index (χ1n) is 6.66. The molecule has 100 valence electrons. The molecule has 0 aromatic rings. The molecule has 0 bridgehead atoms. The number of nitrogens with two attached hydrogens (primary N) is 1. The minimum Gasteiger partial charge on any atom is -0.375 e. The summed E-state index contributed by atoms with van der Waals surface area (Å²) >= 11 is -1.65. The summed E-state index contributed by atoms with van der Waals surface area (Å²) in [6.07, 6.45) is 8.46. The SMILES string of the molecule is NC1CCCC(OC2CCC(S(=O)O)CC2)C1. The molecular formula is C12H23NO3S. The topological polar surface area (TPSA) is 72.5 Å². The molecule has 2 fully saturated rings. The molecule has 0 radical (unpaired) electrons. The van der Waals surface area contributed by atoms with Crippen LogP contribution in [0.4, 0.5) is 0 Å². The molecule has 0 amide bonds. The van der Waals surface area contributed by atoms with Gasteiger partial charge in [0.2, 0.25) is 0 Å². The van der Waals surface area contributed by atoms with Crippen molar-refractivity contribution in [1.82, 2.24) is 0 Å². The van der Waals surface area contributed by atoms with Crippen molar-refractivity contribution in [2.24, 2.45) is 5.73 Å². The molecule has 0 spiro atoms. The van der Waals surface area contributed by atoms with Crippen molar-refractivity contribution in [3.8, 4) is 0 Å². The van der Waals surface area contributed by atoms with Crippen molar-refractivity contribution in [1.29, 1.82) is 0 Å². The monoisotopic (exact) mass is 261 g/mol. The Labute approximate surface area is 106 Å². The standard InChI is InChI=1S/C12H23NO3S/c13-9-2-1-3-11(8-9)16-10-4-6-12(7-5-10)17(14)15/h9-12H,1-8,13H2,(H,14,15). The summed E-state index contributed by atoms with van der Waals surface area (Å²) in [7, 11) is 0. The molecule has 2 aliphatic rings. The molecule has 2 aliphatic carbocycles. The predicted octanol–water partition coefficient (Wildman–Crippen LogP) is 1.81. The van der Waals surface area contributed by atoms with Gasteiger partial charge in [-0.15, -0.1) is 0 Å². The van der Waals surface area contributed by atoms with Crippen LogP contribution in [0.3, 0.4) is 0 Å². The van der Waals surface area contributed by atoms with Gasteiger partial charge >= 0.3 is 0 Å². The first-order chi connectivity index (χ1) is 8.15. The summed E-state index contributed by atoms with van der Waals surface area (Å²) in [5.74, 6) is 0. The quantitative estimate of drug-likeness (QED) is 0.760. The van der Waals surface area contributed by atoms with Crippen molar-refractivity contribution in [2.75, 3.05) is 0 Å². The highest BCUT2D eigenvalue weighted by atomic mass is 32.2. The van der Waals surface area contributed by atoms with E-state index < -0.39 is 11.1 Å². The van der Waals surface area contributed by atoms with E-state index in [1.807, 2.05) is 0 Å². The van der Waals surface area contributed by atoms with Gasteiger partial charge in [-0.25, -0.2) is 4.21 Å². The van der Waals surface area contributed by atoms with Gasteiger partial charge in [-0.1, -0.05) is 0 Å². The minimum atomic E-state index is -1.65. The second kappa shape index (κ2) is 6.27. The van der Waals surface area contributed by atoms with Crippen LogP contribution in [0.15, 0.2) is 0 Å². The fourth-order valence-electron chi connectivity index (χ4n) is 2.95. The molecule has 5 heteroatoms. The molecule has 3 N–H and O–H groups in total. The second-order valence-corrected chi connectivity index (χ2v) is 6.58. The molecule has 0 heterocycles. The zero-order valence-electron chi connectivity index (χ0n) is 10.2. The Bertz CT molecular complexity index is 266. The summed E-state index contributed by atoms with van der Waals surface area (Å²) in [6.45, 7) is 0. The zero-order chi connectivity index (χ0) is 12.3. The molecule has 3 atom stereocenters. The highest BCUT2D eigenvalue weighted by molar-refractivity contribution is 7.79. The first kappa shape index (κ1) is 13.5. The Morgan fingerprint density at radius 3 is 2.35 bits per heavy atom. The number of hydrogen-bond donors (Lipinski definition) is 2. The van der Waals surface area contributed by atoms with Crippen LogP contribution in [0, 0.1) is 0 Å². The lowest BCUT2D eigenvalue weighted by Crippen LogP contribution is -2.36. The molecule has 4 nitrogen and oxygen atoms in total. The van der Waals surface area contributed by atoms with Crippen molar-refractivity contribution in [3.63, 3.8) is 0 Å². The average molecular weight is 261 g/mol. The Balaban J connectivity index is 1.72. The van der Waals surface area contributed by atoms with E-state index in [0.29, 0.717) is 12.1 Å². The molecule has 3 unspecified atom stereocenters. The van der Waals surface area contributed by atoms with E-state index in [2.05, 4.69) is 0 Å². The van der Waals surface area contributed by atoms with Crippen molar-refractivity contribution < 1.29 is 13.5 Å². The summed E-state index contributed by atoms with van der Waals surface area (Å²) in [6, 6.07) is 0.301. The normalized spacial score (nSPS) is 41.1. The van der Waals surface area contributed by atoms with Gasteiger partial charge in [-0.2, -0.15) is 0 Å². The van der Waals surface area contributed by atoms with Crippen LogP contribution >= 0.6 is 0 Å². The van der Waals surface area contributed by atoms with Crippen LogP contribution in [0.2, 0.25) is 0 Å². The fourth-order valence-corrected chi connectivity index (χ4v) is 3.62. The van der Waals surface area contributed by atoms with Crippen LogP contribution in [0.1, 0.15) is 51.4 Å². The average Bonchev–Trinajstić information content (AvgIpc) is 2.29. The molecule has 0 aromatic carbocycles. The van der Waals surface area contributed by atoms with E-state index in [-0.39, 0.29) is 11.4 Å². The third-order valence-electron chi connectivity index (χ3n) is 3.96. The summed E-state index contributed by atoms with van der Waals surface area (Å²) in [5.41, 5.74) is 5.94. The maximum Gasteiger partial charge on any atom is 0.155 e. The first-order valence-corrected chi connectivity index (χ1v) is 7.83. The van der Waals surface area contributed by atoms with Gasteiger partial charge in [0.25, 0.3) is 0 Å². The summed E-state index contributed by atoms with van der Waals surface area (Å²) in [4.78, 5) is 0. The number of hydrogen-bond acceptors (Lipinski definition) is 3. The third-order valence-corrected chi connectivity index (χ3v) is 5.00. The Morgan fingerprint density at radius 2 is 1.76 bits per heavy atom. The maximum absolute atomic E-state index is 10.9. The van der Waals surface area contributed by atoms with Crippen LogP contribution in [-0.2, 0) is 15.8 Å². The highest BCUT2D eigenvalue weighted by Crippen LogP contribution is 2.28. The van der Waals surface area contributed by atoms with Crippen molar-refractivity contribution in [2.45, 2.75) is 74.9 Å². The van der Waals surface area contributed by atoms with Crippen molar-refractivity contribution >= 4 is 11.1 Å². The Hall–Kier alpha value is 0.0300.